The van der Waals surface area contributed by atoms with E-state index in [2.05, 4.69) is 5.32 Å². The molecular weight excluding hydrogens is 318 g/mol. The van der Waals surface area contributed by atoms with Gasteiger partial charge in [0.25, 0.3) is 0 Å². The molecule has 0 aliphatic carbocycles. The number of β-amino-alcohol motifs (C(OH)–C–C–N with tert-alkyl or cyclic N) is 1. The Morgan fingerprint density at radius 2 is 2.12 bits per heavy atom. The van der Waals surface area contributed by atoms with Crippen LogP contribution in [0.3, 0.4) is 0 Å². The summed E-state index contributed by atoms with van der Waals surface area (Å²) < 4.78 is 32.6. The van der Waals surface area contributed by atoms with Gasteiger partial charge in [-0.15, -0.1) is 0 Å². The summed E-state index contributed by atoms with van der Waals surface area (Å²) in [5.74, 6) is -1.01. The Balaban J connectivity index is 1.96. The molecule has 24 heavy (non-hydrogen) atoms. The van der Waals surface area contributed by atoms with Crippen LogP contribution in [-0.4, -0.2) is 47.4 Å². The number of benzene rings is 1. The van der Waals surface area contributed by atoms with Crippen LogP contribution in [0.5, 0.6) is 0 Å². The van der Waals surface area contributed by atoms with Gasteiger partial charge in [-0.2, -0.15) is 0 Å². The molecule has 1 aliphatic rings. The molecule has 1 aromatic rings. The van der Waals surface area contributed by atoms with Crippen LogP contribution >= 0.6 is 0 Å². The minimum absolute atomic E-state index is 0.226. The predicted molar refractivity (Wildman–Crippen MR) is 85.5 cm³/mol. The molecule has 1 aromatic carbocycles. The largest absolute Gasteiger partial charge is 0.444 e. The number of nitrogens with zero attached hydrogens (tertiary/aromatic N) is 1. The van der Waals surface area contributed by atoms with E-state index in [-0.39, 0.29) is 12.1 Å². The topological polar surface area (TPSA) is 61.8 Å². The highest BCUT2D eigenvalue weighted by molar-refractivity contribution is 5.67. The fraction of sp³-hybridized carbons (Fsp3) is 0.588. The second-order valence-electron chi connectivity index (χ2n) is 6.99. The molecule has 134 valence electrons. The number of amides is 1. The lowest BCUT2D eigenvalue weighted by atomic mass is 10.0. The minimum atomic E-state index is -0.612. The van der Waals surface area contributed by atoms with Crippen molar-refractivity contribution in [1.29, 1.82) is 0 Å². The SMILES string of the molecule is CC(C)(C)OC(=O)NCCN1C[C@H](O)C[C@H]1c1cc(F)ccc1F. The van der Waals surface area contributed by atoms with E-state index in [0.717, 1.165) is 18.2 Å². The van der Waals surface area contributed by atoms with Crippen molar-refractivity contribution in [2.24, 2.45) is 0 Å². The van der Waals surface area contributed by atoms with Crippen LogP contribution in [0.15, 0.2) is 18.2 Å². The van der Waals surface area contributed by atoms with Crippen molar-refractivity contribution in [2.45, 2.75) is 44.9 Å². The van der Waals surface area contributed by atoms with E-state index < -0.39 is 35.5 Å². The van der Waals surface area contributed by atoms with E-state index in [1.165, 1.54) is 0 Å². The van der Waals surface area contributed by atoms with Crippen LogP contribution in [0.1, 0.15) is 38.8 Å². The molecule has 0 bridgehead atoms. The number of aliphatic hydroxyl groups excluding tert-OH is 1. The van der Waals surface area contributed by atoms with Gasteiger partial charge in [0, 0.05) is 31.2 Å². The smallest absolute Gasteiger partial charge is 0.407 e. The average Bonchev–Trinajstić information content (AvgIpc) is 2.80. The Bertz CT molecular complexity index is 590. The van der Waals surface area contributed by atoms with Gasteiger partial charge in [-0.1, -0.05) is 0 Å². The van der Waals surface area contributed by atoms with Gasteiger partial charge in [-0.05, 0) is 45.4 Å². The Labute approximate surface area is 140 Å². The van der Waals surface area contributed by atoms with Gasteiger partial charge in [0.15, 0.2) is 0 Å². The van der Waals surface area contributed by atoms with Crippen molar-refractivity contribution in [3.63, 3.8) is 0 Å². The average molecular weight is 342 g/mol. The highest BCUT2D eigenvalue weighted by atomic mass is 19.1. The van der Waals surface area contributed by atoms with Crippen molar-refractivity contribution in [3.05, 3.63) is 35.4 Å². The lowest BCUT2D eigenvalue weighted by molar-refractivity contribution is 0.0520. The monoisotopic (exact) mass is 342 g/mol. The second-order valence-corrected chi connectivity index (χ2v) is 6.99. The van der Waals surface area contributed by atoms with Crippen LogP contribution in [0, 0.1) is 11.6 Å². The van der Waals surface area contributed by atoms with Crippen molar-refractivity contribution >= 4 is 6.09 Å². The van der Waals surface area contributed by atoms with Gasteiger partial charge < -0.3 is 15.2 Å². The molecule has 0 radical (unpaired) electrons. The van der Waals surface area contributed by atoms with E-state index in [1.807, 2.05) is 4.90 Å². The van der Waals surface area contributed by atoms with Crippen LogP contribution in [0.4, 0.5) is 13.6 Å². The number of carbonyl (C=O) groups is 1. The molecule has 5 nitrogen and oxygen atoms in total. The molecule has 0 spiro atoms. The van der Waals surface area contributed by atoms with E-state index in [9.17, 15) is 18.7 Å². The Morgan fingerprint density at radius 1 is 1.42 bits per heavy atom. The van der Waals surface area contributed by atoms with Crippen molar-refractivity contribution in [2.75, 3.05) is 19.6 Å². The standard InChI is InChI=1S/C17H24F2N2O3/c1-17(2,3)24-16(23)20-6-7-21-10-12(22)9-15(21)13-8-11(18)4-5-14(13)19/h4-5,8,12,15,22H,6-7,9-10H2,1-3H3,(H,20,23)/t12-,15+/m1/s1. The number of alkyl carbamates (subject to hydrolysis) is 1. The fourth-order valence-corrected chi connectivity index (χ4v) is 2.84. The normalized spacial score (nSPS) is 21.8. The first-order valence-electron chi connectivity index (χ1n) is 7.99. The molecule has 1 heterocycles. The fourth-order valence-electron chi connectivity index (χ4n) is 2.84. The number of hydrogen-bond donors (Lipinski definition) is 2. The zero-order valence-electron chi connectivity index (χ0n) is 14.2. The maximum Gasteiger partial charge on any atom is 0.407 e. The Morgan fingerprint density at radius 3 is 2.79 bits per heavy atom. The highest BCUT2D eigenvalue weighted by Gasteiger charge is 2.33. The van der Waals surface area contributed by atoms with Crippen LogP contribution < -0.4 is 5.32 Å². The summed E-state index contributed by atoms with van der Waals surface area (Å²) in [4.78, 5) is 13.5. The second kappa shape index (κ2) is 7.44. The van der Waals surface area contributed by atoms with E-state index in [1.54, 1.807) is 20.8 Å². The summed E-state index contributed by atoms with van der Waals surface area (Å²) in [6, 6.07) is 2.90. The van der Waals surface area contributed by atoms with E-state index >= 15 is 0 Å². The van der Waals surface area contributed by atoms with Crippen LogP contribution in [-0.2, 0) is 4.74 Å². The van der Waals surface area contributed by atoms with Crippen molar-refractivity contribution in [3.8, 4) is 0 Å². The van der Waals surface area contributed by atoms with Gasteiger partial charge >= 0.3 is 6.09 Å². The molecule has 2 atom stereocenters. The number of halogens is 2. The zero-order valence-corrected chi connectivity index (χ0v) is 14.2. The molecule has 0 aromatic heterocycles. The van der Waals surface area contributed by atoms with E-state index in [0.29, 0.717) is 19.5 Å². The molecule has 1 fully saturated rings. The molecular formula is C17H24F2N2O3. The first-order chi connectivity index (χ1) is 11.2. The summed E-state index contributed by atoms with van der Waals surface area (Å²) >= 11 is 0. The summed E-state index contributed by atoms with van der Waals surface area (Å²) in [6.45, 7) is 6.34. The third kappa shape index (κ3) is 5.14. The van der Waals surface area contributed by atoms with Crippen molar-refractivity contribution in [1.82, 2.24) is 10.2 Å². The molecule has 2 rings (SSSR count). The summed E-state index contributed by atoms with van der Waals surface area (Å²) in [5, 5.41) is 12.5. The number of likely N-dealkylation sites (tertiary alicyclic amines) is 1. The van der Waals surface area contributed by atoms with Gasteiger partial charge in [0.2, 0.25) is 0 Å². The third-order valence-electron chi connectivity index (χ3n) is 3.77. The lowest BCUT2D eigenvalue weighted by Gasteiger charge is -2.25. The van der Waals surface area contributed by atoms with Gasteiger partial charge in [-0.25, -0.2) is 13.6 Å². The lowest BCUT2D eigenvalue weighted by Crippen LogP contribution is -2.38. The molecule has 1 saturated heterocycles. The summed E-state index contributed by atoms with van der Waals surface area (Å²) in [6.07, 6.45) is -0.817. The summed E-state index contributed by atoms with van der Waals surface area (Å²) in [7, 11) is 0. The predicted octanol–water partition coefficient (Wildman–Crippen LogP) is 2.60. The zero-order chi connectivity index (χ0) is 17.9. The maximum absolute atomic E-state index is 14.0. The van der Waals surface area contributed by atoms with Gasteiger partial charge in [0.1, 0.15) is 17.2 Å². The van der Waals surface area contributed by atoms with Crippen LogP contribution in [0.25, 0.3) is 0 Å². The van der Waals surface area contributed by atoms with Gasteiger partial charge in [0.05, 0.1) is 6.10 Å². The number of nitrogens with one attached hydrogen (secondary N) is 1. The van der Waals surface area contributed by atoms with Crippen LogP contribution in [0.2, 0.25) is 0 Å². The van der Waals surface area contributed by atoms with E-state index in [4.69, 9.17) is 4.74 Å². The number of hydrogen-bond acceptors (Lipinski definition) is 4. The van der Waals surface area contributed by atoms with Crippen molar-refractivity contribution < 1.29 is 23.4 Å². The Kier molecular flexibility index (Phi) is 5.77. The summed E-state index contributed by atoms with van der Waals surface area (Å²) in [5.41, 5.74) is -0.356. The highest BCUT2D eigenvalue weighted by Crippen LogP contribution is 2.33. The first-order valence-corrected chi connectivity index (χ1v) is 7.99. The number of rotatable bonds is 4. The molecule has 2 N–H and O–H groups in total. The quantitative estimate of drug-likeness (QED) is 0.883. The molecule has 0 saturated carbocycles. The maximum atomic E-state index is 14.0. The van der Waals surface area contributed by atoms with Gasteiger partial charge in [-0.3, -0.25) is 4.90 Å². The molecule has 1 amide bonds. The number of aliphatic hydroxyl groups is 1. The molecule has 1 aliphatic heterocycles. The first kappa shape index (κ1) is 18.6. The minimum Gasteiger partial charge on any atom is -0.444 e. The Hall–Kier alpha value is -1.73. The number of carbonyl (C=O) groups excluding carboxylic acids is 1. The molecule has 7 heteroatoms. The number of ether oxygens (including phenoxy) is 1. The molecule has 0 unspecified atom stereocenters. The third-order valence-corrected chi connectivity index (χ3v) is 3.77.